The number of Topliss-reactive ketones (excluding diaryl/α,β-unsaturated/α-hetero) is 1. The van der Waals surface area contributed by atoms with Crippen LogP contribution in [-0.2, 0) is 9.53 Å². The Balaban J connectivity index is 2.87. The van der Waals surface area contributed by atoms with Gasteiger partial charge in [0, 0.05) is 14.1 Å². The highest BCUT2D eigenvalue weighted by Gasteiger charge is 2.19. The van der Waals surface area contributed by atoms with Crippen LogP contribution in [0.2, 0.25) is 0 Å². The molecular weight excluding hydrogens is 228 g/mol. The second kappa shape index (κ2) is 5.07. The molecule has 0 aromatic carbocycles. The van der Waals surface area contributed by atoms with Crippen LogP contribution in [-0.4, -0.2) is 37.9 Å². The maximum Gasteiger partial charge on any atom is 0.313 e. The van der Waals surface area contributed by atoms with E-state index in [1.807, 2.05) is 19.0 Å². The first-order valence-electron chi connectivity index (χ1n) is 4.70. The standard InChI is InChI=1S/C10H14N2O3S/c1-6-9(7(13)5-8(14)15-4)16-10(11-6)12(2)3/h5H2,1-4H3. The number of thiazole rings is 1. The molecule has 1 rings (SSSR count). The summed E-state index contributed by atoms with van der Waals surface area (Å²) in [5.41, 5.74) is 0.655. The first-order valence-corrected chi connectivity index (χ1v) is 5.52. The van der Waals surface area contributed by atoms with E-state index in [4.69, 9.17) is 0 Å². The van der Waals surface area contributed by atoms with E-state index < -0.39 is 5.97 Å². The molecule has 6 heteroatoms. The van der Waals surface area contributed by atoms with Gasteiger partial charge in [-0.25, -0.2) is 4.98 Å². The van der Waals surface area contributed by atoms with Gasteiger partial charge < -0.3 is 9.64 Å². The molecule has 0 unspecified atom stereocenters. The molecular formula is C10H14N2O3S. The Bertz CT molecular complexity index is 412. The van der Waals surface area contributed by atoms with Crippen molar-refractivity contribution in [3.05, 3.63) is 10.6 Å². The molecule has 88 valence electrons. The van der Waals surface area contributed by atoms with Gasteiger partial charge in [0.1, 0.15) is 6.42 Å². The van der Waals surface area contributed by atoms with Gasteiger partial charge in [0.2, 0.25) is 0 Å². The Morgan fingerprint density at radius 1 is 1.44 bits per heavy atom. The second-order valence-corrected chi connectivity index (χ2v) is 4.46. The average Bonchev–Trinajstić information content (AvgIpc) is 2.60. The molecule has 0 fully saturated rings. The predicted octanol–water partition coefficient (Wildman–Crippen LogP) is 1.26. The lowest BCUT2D eigenvalue weighted by molar-refractivity contribution is -0.139. The van der Waals surface area contributed by atoms with Crippen molar-refractivity contribution in [2.24, 2.45) is 0 Å². The van der Waals surface area contributed by atoms with Crippen molar-refractivity contribution in [3.8, 4) is 0 Å². The highest BCUT2D eigenvalue weighted by molar-refractivity contribution is 7.17. The minimum Gasteiger partial charge on any atom is -0.469 e. The third kappa shape index (κ3) is 2.79. The highest BCUT2D eigenvalue weighted by Crippen LogP contribution is 2.25. The topological polar surface area (TPSA) is 59.5 Å². The summed E-state index contributed by atoms with van der Waals surface area (Å²) in [4.78, 5) is 29.3. The van der Waals surface area contributed by atoms with E-state index in [1.165, 1.54) is 18.4 Å². The van der Waals surface area contributed by atoms with Gasteiger partial charge >= 0.3 is 5.97 Å². The zero-order valence-corrected chi connectivity index (χ0v) is 10.6. The number of anilines is 1. The molecule has 0 saturated carbocycles. The SMILES string of the molecule is COC(=O)CC(=O)c1sc(N(C)C)nc1C. The molecule has 0 bridgehead atoms. The molecule has 1 heterocycles. The number of esters is 1. The molecule has 1 aromatic rings. The van der Waals surface area contributed by atoms with Crippen molar-refractivity contribution in [3.63, 3.8) is 0 Å². The highest BCUT2D eigenvalue weighted by atomic mass is 32.1. The molecule has 1 aromatic heterocycles. The van der Waals surface area contributed by atoms with Gasteiger partial charge in [-0.2, -0.15) is 0 Å². The number of methoxy groups -OCH3 is 1. The molecule has 0 aliphatic carbocycles. The smallest absolute Gasteiger partial charge is 0.313 e. The zero-order chi connectivity index (χ0) is 12.3. The Morgan fingerprint density at radius 3 is 2.50 bits per heavy atom. The normalized spacial score (nSPS) is 10.0. The fourth-order valence-electron chi connectivity index (χ4n) is 1.12. The van der Waals surface area contributed by atoms with E-state index in [9.17, 15) is 9.59 Å². The summed E-state index contributed by atoms with van der Waals surface area (Å²) in [6.45, 7) is 1.76. The summed E-state index contributed by atoms with van der Waals surface area (Å²) in [5, 5.41) is 0.755. The Kier molecular flexibility index (Phi) is 4.00. The summed E-state index contributed by atoms with van der Waals surface area (Å²) in [7, 11) is 4.97. The number of nitrogens with zero attached hydrogens (tertiary/aromatic N) is 2. The fourth-order valence-corrected chi connectivity index (χ4v) is 2.04. The third-order valence-electron chi connectivity index (χ3n) is 1.95. The molecule has 5 nitrogen and oxygen atoms in total. The van der Waals surface area contributed by atoms with Crippen molar-refractivity contribution >= 4 is 28.2 Å². The molecule has 0 amide bonds. The van der Waals surface area contributed by atoms with E-state index in [0.29, 0.717) is 10.6 Å². The minimum absolute atomic E-state index is 0.230. The molecule has 0 spiro atoms. The lowest BCUT2D eigenvalue weighted by atomic mass is 10.2. The number of aryl methyl sites for hydroxylation is 1. The lowest BCUT2D eigenvalue weighted by Gasteiger charge is -2.05. The first kappa shape index (κ1) is 12.6. The summed E-state index contributed by atoms with van der Waals surface area (Å²) < 4.78 is 4.45. The number of hydrogen-bond acceptors (Lipinski definition) is 6. The van der Waals surface area contributed by atoms with E-state index in [0.717, 1.165) is 5.13 Å². The molecule has 0 N–H and O–H groups in total. The average molecular weight is 242 g/mol. The van der Waals surface area contributed by atoms with Crippen LogP contribution >= 0.6 is 11.3 Å². The number of rotatable bonds is 4. The number of ether oxygens (including phenoxy) is 1. The predicted molar refractivity (Wildman–Crippen MR) is 62.1 cm³/mol. The van der Waals surface area contributed by atoms with Crippen molar-refractivity contribution < 1.29 is 14.3 Å². The van der Waals surface area contributed by atoms with Gasteiger partial charge in [-0.1, -0.05) is 11.3 Å². The molecule has 16 heavy (non-hydrogen) atoms. The summed E-state index contributed by atoms with van der Waals surface area (Å²) in [5.74, 6) is -0.765. The molecule has 0 aliphatic heterocycles. The van der Waals surface area contributed by atoms with Gasteiger partial charge in [-0.15, -0.1) is 0 Å². The van der Waals surface area contributed by atoms with Crippen LogP contribution in [0.15, 0.2) is 0 Å². The number of ketones is 1. The van der Waals surface area contributed by atoms with Crippen LogP contribution in [0.4, 0.5) is 5.13 Å². The molecule has 0 atom stereocenters. The zero-order valence-electron chi connectivity index (χ0n) is 9.73. The van der Waals surface area contributed by atoms with Gasteiger partial charge in [-0.05, 0) is 6.92 Å². The van der Waals surface area contributed by atoms with Crippen molar-refractivity contribution in [1.29, 1.82) is 0 Å². The Hall–Kier alpha value is -1.43. The maximum absolute atomic E-state index is 11.7. The number of aromatic nitrogens is 1. The monoisotopic (exact) mass is 242 g/mol. The quantitative estimate of drug-likeness (QED) is 0.452. The van der Waals surface area contributed by atoms with E-state index >= 15 is 0 Å². The lowest BCUT2D eigenvalue weighted by Crippen LogP contribution is -2.09. The van der Waals surface area contributed by atoms with Crippen LogP contribution in [0.5, 0.6) is 0 Å². The van der Waals surface area contributed by atoms with Gasteiger partial charge in [0.15, 0.2) is 10.9 Å². The van der Waals surface area contributed by atoms with Gasteiger partial charge in [-0.3, -0.25) is 9.59 Å². The van der Waals surface area contributed by atoms with E-state index in [-0.39, 0.29) is 12.2 Å². The third-order valence-corrected chi connectivity index (χ3v) is 3.32. The Morgan fingerprint density at radius 2 is 2.06 bits per heavy atom. The fraction of sp³-hybridized carbons (Fsp3) is 0.500. The largest absolute Gasteiger partial charge is 0.469 e. The number of carbonyl (C=O) groups is 2. The summed E-state index contributed by atoms with van der Waals surface area (Å²) in [6.07, 6.45) is -0.230. The Labute approximate surface area is 98.0 Å². The van der Waals surface area contributed by atoms with E-state index in [2.05, 4.69) is 9.72 Å². The minimum atomic E-state index is -0.524. The van der Waals surface area contributed by atoms with Crippen LogP contribution in [0.25, 0.3) is 0 Å². The van der Waals surface area contributed by atoms with Crippen molar-refractivity contribution in [2.45, 2.75) is 13.3 Å². The molecule has 0 radical (unpaired) electrons. The number of hydrogen-bond donors (Lipinski definition) is 0. The van der Waals surface area contributed by atoms with Crippen molar-refractivity contribution in [1.82, 2.24) is 4.98 Å². The molecule has 0 aliphatic rings. The van der Waals surface area contributed by atoms with Crippen LogP contribution in [0, 0.1) is 6.92 Å². The molecule has 0 saturated heterocycles. The van der Waals surface area contributed by atoms with Crippen LogP contribution in [0.3, 0.4) is 0 Å². The van der Waals surface area contributed by atoms with Crippen LogP contribution in [0.1, 0.15) is 21.8 Å². The summed E-state index contributed by atoms with van der Waals surface area (Å²) in [6, 6.07) is 0. The number of carbonyl (C=O) groups excluding carboxylic acids is 2. The van der Waals surface area contributed by atoms with Crippen molar-refractivity contribution in [2.75, 3.05) is 26.1 Å². The second-order valence-electron chi connectivity index (χ2n) is 3.48. The van der Waals surface area contributed by atoms with Gasteiger partial charge in [0.25, 0.3) is 0 Å². The first-order chi connectivity index (χ1) is 7.45. The summed E-state index contributed by atoms with van der Waals surface area (Å²) >= 11 is 1.29. The van der Waals surface area contributed by atoms with Crippen LogP contribution < -0.4 is 4.90 Å². The van der Waals surface area contributed by atoms with E-state index in [1.54, 1.807) is 6.92 Å². The van der Waals surface area contributed by atoms with Gasteiger partial charge in [0.05, 0.1) is 17.7 Å². The maximum atomic E-state index is 11.7.